The van der Waals surface area contributed by atoms with Crippen LogP contribution in [0.3, 0.4) is 0 Å². The highest BCUT2D eigenvalue weighted by molar-refractivity contribution is 5.78. The van der Waals surface area contributed by atoms with Crippen molar-refractivity contribution in [1.82, 2.24) is 4.90 Å². The van der Waals surface area contributed by atoms with Gasteiger partial charge >= 0.3 is 0 Å². The van der Waals surface area contributed by atoms with Crippen LogP contribution in [0.1, 0.15) is 11.1 Å². The van der Waals surface area contributed by atoms with Crippen molar-refractivity contribution in [2.45, 2.75) is 6.42 Å². The van der Waals surface area contributed by atoms with Crippen LogP contribution in [0.25, 0.3) is 0 Å². The Hall–Kier alpha value is -2.26. The lowest BCUT2D eigenvalue weighted by molar-refractivity contribution is -0.128. The molecule has 0 N–H and O–H groups in total. The first kappa shape index (κ1) is 11.8. The fourth-order valence-corrected chi connectivity index (χ4v) is 1.23. The first-order valence-corrected chi connectivity index (χ1v) is 4.84. The highest BCUT2D eigenvalue weighted by Crippen LogP contribution is 2.05. The van der Waals surface area contributed by atoms with Crippen molar-refractivity contribution in [2.24, 2.45) is 0 Å². The van der Waals surface area contributed by atoms with Crippen molar-refractivity contribution in [1.29, 1.82) is 5.26 Å². The molecule has 3 heteroatoms. The van der Waals surface area contributed by atoms with Crippen LogP contribution in [0.15, 0.2) is 24.3 Å². The van der Waals surface area contributed by atoms with E-state index in [4.69, 9.17) is 11.7 Å². The average Bonchev–Trinajstić information content (AvgIpc) is 2.30. The van der Waals surface area contributed by atoms with E-state index in [1.807, 2.05) is 6.07 Å². The van der Waals surface area contributed by atoms with E-state index in [2.05, 4.69) is 5.92 Å². The summed E-state index contributed by atoms with van der Waals surface area (Å²) >= 11 is 0. The molecule has 0 saturated heterocycles. The first-order chi connectivity index (χ1) is 7.67. The van der Waals surface area contributed by atoms with E-state index in [0.29, 0.717) is 18.5 Å². The van der Waals surface area contributed by atoms with Gasteiger partial charge in [-0.1, -0.05) is 18.1 Å². The molecule has 0 aromatic heterocycles. The van der Waals surface area contributed by atoms with Crippen molar-refractivity contribution in [3.8, 4) is 18.4 Å². The molecule has 0 heterocycles. The van der Waals surface area contributed by atoms with Gasteiger partial charge in [0.25, 0.3) is 0 Å². The number of carbonyl (C=O) groups excluding carboxylic acids is 1. The number of benzene rings is 1. The highest BCUT2D eigenvalue weighted by atomic mass is 16.2. The number of terminal acetylenes is 1. The lowest BCUT2D eigenvalue weighted by Gasteiger charge is -2.13. The minimum atomic E-state index is -0.0253. The van der Waals surface area contributed by atoms with Crippen LogP contribution >= 0.6 is 0 Å². The minimum Gasteiger partial charge on any atom is -0.334 e. The Labute approximate surface area is 95.3 Å². The van der Waals surface area contributed by atoms with Gasteiger partial charge in [0, 0.05) is 7.05 Å². The van der Waals surface area contributed by atoms with E-state index in [1.54, 1.807) is 31.3 Å². The van der Waals surface area contributed by atoms with Crippen molar-refractivity contribution < 1.29 is 4.79 Å². The Morgan fingerprint density at radius 2 is 2.06 bits per heavy atom. The topological polar surface area (TPSA) is 44.1 Å². The summed E-state index contributed by atoms with van der Waals surface area (Å²) in [6.45, 7) is 0.315. The van der Waals surface area contributed by atoms with Crippen LogP contribution in [0.4, 0.5) is 0 Å². The summed E-state index contributed by atoms with van der Waals surface area (Å²) in [4.78, 5) is 13.1. The van der Waals surface area contributed by atoms with Crippen LogP contribution in [-0.4, -0.2) is 24.4 Å². The van der Waals surface area contributed by atoms with Gasteiger partial charge in [0.2, 0.25) is 5.91 Å². The molecule has 0 aliphatic carbocycles. The summed E-state index contributed by atoms with van der Waals surface area (Å²) in [5.41, 5.74) is 1.47. The largest absolute Gasteiger partial charge is 0.334 e. The molecule has 80 valence electrons. The monoisotopic (exact) mass is 212 g/mol. The second-order valence-corrected chi connectivity index (χ2v) is 3.44. The van der Waals surface area contributed by atoms with Gasteiger partial charge in [-0.15, -0.1) is 6.42 Å². The fraction of sp³-hybridized carbons (Fsp3) is 0.231. The Balaban J connectivity index is 2.64. The third-order valence-corrected chi connectivity index (χ3v) is 2.19. The average molecular weight is 212 g/mol. The molecule has 16 heavy (non-hydrogen) atoms. The zero-order chi connectivity index (χ0) is 12.0. The number of hydrogen-bond donors (Lipinski definition) is 0. The smallest absolute Gasteiger partial charge is 0.227 e. The number of amides is 1. The van der Waals surface area contributed by atoms with Crippen molar-refractivity contribution in [2.75, 3.05) is 13.6 Å². The lowest BCUT2D eigenvalue weighted by atomic mass is 10.1. The lowest BCUT2D eigenvalue weighted by Crippen LogP contribution is -2.28. The standard InChI is InChI=1S/C13H12N2O/c1-3-8-15(2)13(16)9-11-4-6-12(10-14)7-5-11/h1,4-7H,8-9H2,2H3. The number of nitrogens with zero attached hydrogens (tertiary/aromatic N) is 2. The molecule has 0 aliphatic rings. The van der Waals surface area contributed by atoms with E-state index in [1.165, 1.54) is 4.90 Å². The molecular weight excluding hydrogens is 200 g/mol. The summed E-state index contributed by atoms with van der Waals surface area (Å²) in [5.74, 6) is 2.39. The summed E-state index contributed by atoms with van der Waals surface area (Å²) < 4.78 is 0. The third-order valence-electron chi connectivity index (χ3n) is 2.19. The van der Waals surface area contributed by atoms with Crippen LogP contribution in [0, 0.1) is 23.7 Å². The molecule has 0 radical (unpaired) electrons. The van der Waals surface area contributed by atoms with E-state index in [9.17, 15) is 4.79 Å². The zero-order valence-corrected chi connectivity index (χ0v) is 9.10. The molecule has 0 atom stereocenters. The molecule has 1 rings (SSSR count). The van der Waals surface area contributed by atoms with Gasteiger partial charge in [-0.3, -0.25) is 4.79 Å². The molecule has 1 aromatic carbocycles. The molecule has 3 nitrogen and oxygen atoms in total. The van der Waals surface area contributed by atoms with Gasteiger partial charge in [-0.25, -0.2) is 0 Å². The minimum absolute atomic E-state index is 0.0253. The normalized spacial score (nSPS) is 8.94. The molecule has 0 fully saturated rings. The Morgan fingerprint density at radius 3 is 2.56 bits per heavy atom. The molecule has 0 saturated carbocycles. The number of nitriles is 1. The van der Waals surface area contributed by atoms with E-state index < -0.39 is 0 Å². The van der Waals surface area contributed by atoms with Crippen LogP contribution in [-0.2, 0) is 11.2 Å². The number of hydrogen-bond acceptors (Lipinski definition) is 2. The molecule has 1 aromatic rings. The van der Waals surface area contributed by atoms with E-state index >= 15 is 0 Å². The summed E-state index contributed by atoms with van der Waals surface area (Å²) in [5, 5.41) is 8.62. The quantitative estimate of drug-likeness (QED) is 0.706. The Bertz CT molecular complexity index is 448. The number of carbonyl (C=O) groups is 1. The Kier molecular flexibility index (Phi) is 4.12. The maximum Gasteiger partial charge on any atom is 0.227 e. The second-order valence-electron chi connectivity index (χ2n) is 3.44. The van der Waals surface area contributed by atoms with Crippen LogP contribution < -0.4 is 0 Å². The zero-order valence-electron chi connectivity index (χ0n) is 9.10. The summed E-state index contributed by atoms with van der Waals surface area (Å²) in [7, 11) is 1.67. The molecule has 0 aliphatic heterocycles. The van der Waals surface area contributed by atoms with Crippen molar-refractivity contribution >= 4 is 5.91 Å². The van der Waals surface area contributed by atoms with Gasteiger partial charge in [-0.2, -0.15) is 5.26 Å². The highest BCUT2D eigenvalue weighted by Gasteiger charge is 2.07. The second kappa shape index (κ2) is 5.58. The van der Waals surface area contributed by atoms with Crippen molar-refractivity contribution in [3.63, 3.8) is 0 Å². The van der Waals surface area contributed by atoms with Crippen LogP contribution in [0.5, 0.6) is 0 Å². The number of rotatable bonds is 3. The number of likely N-dealkylation sites (N-methyl/N-ethyl adjacent to an activating group) is 1. The van der Waals surface area contributed by atoms with E-state index in [-0.39, 0.29) is 5.91 Å². The fourth-order valence-electron chi connectivity index (χ4n) is 1.23. The van der Waals surface area contributed by atoms with Crippen LogP contribution in [0.2, 0.25) is 0 Å². The molecule has 1 amide bonds. The molecule has 0 spiro atoms. The van der Waals surface area contributed by atoms with Gasteiger partial charge in [0.15, 0.2) is 0 Å². The maximum atomic E-state index is 11.6. The molecule has 0 unspecified atom stereocenters. The SMILES string of the molecule is C#CCN(C)C(=O)Cc1ccc(C#N)cc1. The van der Waals surface area contributed by atoms with Crippen molar-refractivity contribution in [3.05, 3.63) is 35.4 Å². The predicted octanol–water partition coefficient (Wildman–Crippen LogP) is 1.19. The van der Waals surface area contributed by atoms with Gasteiger partial charge in [-0.05, 0) is 17.7 Å². The third kappa shape index (κ3) is 3.15. The van der Waals surface area contributed by atoms with Gasteiger partial charge < -0.3 is 4.90 Å². The van der Waals surface area contributed by atoms with Gasteiger partial charge in [0.05, 0.1) is 24.6 Å². The first-order valence-electron chi connectivity index (χ1n) is 4.84. The Morgan fingerprint density at radius 1 is 1.44 bits per heavy atom. The maximum absolute atomic E-state index is 11.6. The van der Waals surface area contributed by atoms with Gasteiger partial charge in [0.1, 0.15) is 0 Å². The predicted molar refractivity (Wildman–Crippen MR) is 61.3 cm³/mol. The van der Waals surface area contributed by atoms with E-state index in [0.717, 1.165) is 5.56 Å². The molecule has 0 bridgehead atoms. The summed E-state index contributed by atoms with van der Waals surface area (Å²) in [6.07, 6.45) is 5.43. The summed E-state index contributed by atoms with van der Waals surface area (Å²) in [6, 6.07) is 8.98. The molecular formula is C13H12N2O.